The van der Waals surface area contributed by atoms with Crippen LogP contribution in [-0.4, -0.2) is 17.7 Å². The maximum atomic E-state index is 11.8. The van der Waals surface area contributed by atoms with E-state index in [9.17, 15) is 14.7 Å². The van der Waals surface area contributed by atoms with Crippen molar-refractivity contribution in [3.8, 4) is 5.75 Å². The molecular weight excluding hydrogens is 292 g/mol. The number of hydrogen-bond acceptors (Lipinski definition) is 4. The lowest BCUT2D eigenvalue weighted by atomic mass is 10.1. The minimum Gasteiger partial charge on any atom is -0.504 e. The molecule has 4 heteroatoms. The monoisotopic (exact) mass is 320 g/mol. The quantitative estimate of drug-likeness (QED) is 0.483. The van der Waals surface area contributed by atoms with Crippen molar-refractivity contribution in [3.63, 3.8) is 0 Å². The third-order valence-electron chi connectivity index (χ3n) is 3.80. The van der Waals surface area contributed by atoms with Gasteiger partial charge in [0.2, 0.25) is 5.43 Å². The van der Waals surface area contributed by atoms with Crippen LogP contribution in [0.1, 0.15) is 75.1 Å². The van der Waals surface area contributed by atoms with Gasteiger partial charge >= 0.3 is 5.97 Å². The van der Waals surface area contributed by atoms with Gasteiger partial charge in [0.1, 0.15) is 0 Å². The highest BCUT2D eigenvalue weighted by molar-refractivity contribution is 5.89. The van der Waals surface area contributed by atoms with Crippen LogP contribution in [0.25, 0.3) is 0 Å². The van der Waals surface area contributed by atoms with Crippen LogP contribution in [0.5, 0.6) is 5.75 Å². The van der Waals surface area contributed by atoms with Crippen LogP contribution in [-0.2, 0) is 4.74 Å². The normalized spacial score (nSPS) is 10.5. The third-order valence-corrected chi connectivity index (χ3v) is 3.80. The first kappa shape index (κ1) is 19.2. The van der Waals surface area contributed by atoms with Crippen molar-refractivity contribution >= 4 is 5.97 Å². The van der Waals surface area contributed by atoms with Crippen LogP contribution >= 0.6 is 0 Å². The molecule has 0 bridgehead atoms. The zero-order valence-electron chi connectivity index (χ0n) is 14.1. The van der Waals surface area contributed by atoms with E-state index in [0.29, 0.717) is 6.61 Å². The van der Waals surface area contributed by atoms with E-state index in [-0.39, 0.29) is 11.3 Å². The summed E-state index contributed by atoms with van der Waals surface area (Å²) in [6.07, 6.45) is 10.9. The second-order valence-corrected chi connectivity index (χ2v) is 5.84. The van der Waals surface area contributed by atoms with Crippen molar-refractivity contribution in [3.05, 3.63) is 40.1 Å². The van der Waals surface area contributed by atoms with Crippen LogP contribution in [0.4, 0.5) is 0 Å². The molecule has 0 aliphatic heterocycles. The SMILES string of the molecule is CCCCCCCCCCCOC(=O)c1ccc(O)c(=O)cc1. The first-order valence-corrected chi connectivity index (χ1v) is 8.65. The molecule has 0 radical (unpaired) electrons. The summed E-state index contributed by atoms with van der Waals surface area (Å²) in [5, 5.41) is 9.29. The number of unbranched alkanes of at least 4 members (excludes halogenated alkanes) is 8. The summed E-state index contributed by atoms with van der Waals surface area (Å²) in [7, 11) is 0. The zero-order chi connectivity index (χ0) is 16.9. The summed E-state index contributed by atoms with van der Waals surface area (Å²) >= 11 is 0. The number of rotatable bonds is 11. The molecule has 0 spiro atoms. The van der Waals surface area contributed by atoms with Gasteiger partial charge in [-0.2, -0.15) is 0 Å². The van der Waals surface area contributed by atoms with E-state index in [0.717, 1.165) is 12.8 Å². The maximum absolute atomic E-state index is 11.8. The fraction of sp³-hybridized carbons (Fsp3) is 0.579. The summed E-state index contributed by atoms with van der Waals surface area (Å²) in [4.78, 5) is 23.1. The molecule has 0 aromatic heterocycles. The number of aromatic hydroxyl groups is 1. The lowest BCUT2D eigenvalue weighted by Gasteiger charge is -2.04. The minimum absolute atomic E-state index is 0.276. The highest BCUT2D eigenvalue weighted by atomic mass is 16.5. The minimum atomic E-state index is -0.511. The Morgan fingerprint density at radius 2 is 1.48 bits per heavy atom. The van der Waals surface area contributed by atoms with Gasteiger partial charge in [-0.25, -0.2) is 4.79 Å². The van der Waals surface area contributed by atoms with Crippen LogP contribution in [0.3, 0.4) is 0 Å². The first-order chi connectivity index (χ1) is 11.1. The molecule has 4 nitrogen and oxygen atoms in total. The van der Waals surface area contributed by atoms with Crippen molar-refractivity contribution in [1.82, 2.24) is 0 Å². The second-order valence-electron chi connectivity index (χ2n) is 5.84. The molecule has 128 valence electrons. The predicted molar refractivity (Wildman–Crippen MR) is 91.9 cm³/mol. The van der Waals surface area contributed by atoms with Crippen LogP contribution in [0.15, 0.2) is 29.1 Å². The Morgan fingerprint density at radius 3 is 2.13 bits per heavy atom. The first-order valence-electron chi connectivity index (χ1n) is 8.65. The highest BCUT2D eigenvalue weighted by Gasteiger charge is 2.06. The molecule has 1 aromatic carbocycles. The van der Waals surface area contributed by atoms with E-state index in [1.54, 1.807) is 0 Å². The summed E-state index contributed by atoms with van der Waals surface area (Å²) in [6.45, 7) is 2.61. The van der Waals surface area contributed by atoms with Crippen molar-refractivity contribution in [2.75, 3.05) is 6.61 Å². The average molecular weight is 320 g/mol. The molecule has 0 saturated carbocycles. The Morgan fingerprint density at radius 1 is 0.913 bits per heavy atom. The molecule has 0 heterocycles. The van der Waals surface area contributed by atoms with E-state index in [4.69, 9.17) is 4.74 Å². The molecule has 0 fully saturated rings. The lowest BCUT2D eigenvalue weighted by molar-refractivity contribution is 0.0498. The van der Waals surface area contributed by atoms with Crippen LogP contribution in [0.2, 0.25) is 0 Å². The lowest BCUT2D eigenvalue weighted by Crippen LogP contribution is -2.05. The number of ether oxygens (including phenoxy) is 1. The molecular formula is C19H28O4. The summed E-state index contributed by atoms with van der Waals surface area (Å²) in [5.41, 5.74) is -0.235. The summed E-state index contributed by atoms with van der Waals surface area (Å²) in [5.74, 6) is -0.831. The zero-order valence-corrected chi connectivity index (χ0v) is 14.1. The van der Waals surface area contributed by atoms with Crippen molar-refractivity contribution in [2.45, 2.75) is 64.7 Å². The number of carbonyl (C=O) groups is 1. The van der Waals surface area contributed by atoms with Gasteiger partial charge < -0.3 is 9.84 Å². The molecule has 0 amide bonds. The van der Waals surface area contributed by atoms with Gasteiger partial charge in [-0.15, -0.1) is 0 Å². The van der Waals surface area contributed by atoms with Gasteiger partial charge in [-0.3, -0.25) is 4.79 Å². The molecule has 1 rings (SSSR count). The Labute approximate surface area is 138 Å². The average Bonchev–Trinajstić information content (AvgIpc) is 2.71. The maximum Gasteiger partial charge on any atom is 0.338 e. The highest BCUT2D eigenvalue weighted by Crippen LogP contribution is 2.10. The van der Waals surface area contributed by atoms with Crippen molar-refractivity contribution < 1.29 is 14.6 Å². The van der Waals surface area contributed by atoms with Gasteiger partial charge in [-0.05, 0) is 30.7 Å². The van der Waals surface area contributed by atoms with Gasteiger partial charge in [0.05, 0.1) is 12.2 Å². The fourth-order valence-electron chi connectivity index (χ4n) is 2.35. The molecule has 0 saturated heterocycles. The van der Waals surface area contributed by atoms with Gasteiger partial charge in [0.25, 0.3) is 0 Å². The van der Waals surface area contributed by atoms with E-state index in [2.05, 4.69) is 6.92 Å². The second kappa shape index (κ2) is 11.7. The summed E-state index contributed by atoms with van der Waals surface area (Å²) < 4.78 is 5.19. The topological polar surface area (TPSA) is 63.6 Å². The summed E-state index contributed by atoms with van der Waals surface area (Å²) in [6, 6.07) is 5.16. The Bertz CT molecular complexity index is 525. The van der Waals surface area contributed by atoms with Crippen LogP contribution in [0, 0.1) is 0 Å². The molecule has 0 aliphatic carbocycles. The Kier molecular flexibility index (Phi) is 9.76. The van der Waals surface area contributed by atoms with Gasteiger partial charge in [0.15, 0.2) is 5.75 Å². The smallest absolute Gasteiger partial charge is 0.338 e. The van der Waals surface area contributed by atoms with Gasteiger partial charge in [0, 0.05) is 0 Å². The largest absolute Gasteiger partial charge is 0.504 e. The van der Waals surface area contributed by atoms with E-state index in [1.165, 1.54) is 69.2 Å². The number of carbonyl (C=O) groups excluding carboxylic acids is 1. The van der Waals surface area contributed by atoms with E-state index in [1.807, 2.05) is 0 Å². The number of esters is 1. The molecule has 1 N–H and O–H groups in total. The van der Waals surface area contributed by atoms with Crippen molar-refractivity contribution in [1.29, 1.82) is 0 Å². The van der Waals surface area contributed by atoms with Gasteiger partial charge in [-0.1, -0.05) is 58.3 Å². The van der Waals surface area contributed by atoms with Crippen LogP contribution < -0.4 is 5.43 Å². The molecule has 1 aromatic rings. The standard InChI is InChI=1S/C19H28O4/c1-2-3-4-5-6-7-8-9-10-15-23-19(22)16-11-13-17(20)18(21)14-12-16/h11-14H,2-10,15H2,1H3,(H,20,21). The predicted octanol–water partition coefficient (Wildman–Crippen LogP) is 4.44. The molecule has 0 atom stereocenters. The Balaban J connectivity index is 2.13. The molecule has 23 heavy (non-hydrogen) atoms. The third kappa shape index (κ3) is 8.38. The molecule has 0 unspecified atom stereocenters. The van der Waals surface area contributed by atoms with E-state index < -0.39 is 11.4 Å². The fourth-order valence-corrected chi connectivity index (χ4v) is 2.35. The van der Waals surface area contributed by atoms with Crippen molar-refractivity contribution in [2.24, 2.45) is 0 Å². The number of hydrogen-bond donors (Lipinski definition) is 1. The van der Waals surface area contributed by atoms with E-state index >= 15 is 0 Å². The Hall–Kier alpha value is -1.84. The molecule has 0 aliphatic rings.